The van der Waals surface area contributed by atoms with E-state index in [1.54, 1.807) is 18.5 Å². The number of amides is 1. The van der Waals surface area contributed by atoms with E-state index in [2.05, 4.69) is 54.4 Å². The Morgan fingerprint density at radius 3 is 2.62 bits per heavy atom. The van der Waals surface area contributed by atoms with Crippen LogP contribution in [0.2, 0.25) is 0 Å². The molecule has 2 aromatic rings. The highest BCUT2D eigenvalue weighted by Crippen LogP contribution is 2.31. The van der Waals surface area contributed by atoms with Gasteiger partial charge in [0.05, 0.1) is 23.1 Å². The SMILES string of the molecule is CCCNc1cnccc1C(=O)Nc1c(Br)cccc1Br. The Morgan fingerprint density at radius 2 is 1.95 bits per heavy atom. The van der Waals surface area contributed by atoms with Crippen LogP contribution < -0.4 is 10.6 Å². The summed E-state index contributed by atoms with van der Waals surface area (Å²) in [6.45, 7) is 2.87. The van der Waals surface area contributed by atoms with Gasteiger partial charge >= 0.3 is 0 Å². The van der Waals surface area contributed by atoms with Gasteiger partial charge in [0.2, 0.25) is 0 Å². The lowest BCUT2D eigenvalue weighted by Gasteiger charge is -2.13. The van der Waals surface area contributed by atoms with E-state index in [0.29, 0.717) is 11.3 Å². The molecule has 0 aliphatic rings. The van der Waals surface area contributed by atoms with Crippen LogP contribution in [0.3, 0.4) is 0 Å². The Kier molecular flexibility index (Phi) is 5.76. The summed E-state index contributed by atoms with van der Waals surface area (Å²) in [5.41, 5.74) is 2.02. The Morgan fingerprint density at radius 1 is 1.24 bits per heavy atom. The summed E-state index contributed by atoms with van der Waals surface area (Å²) in [5, 5.41) is 6.12. The summed E-state index contributed by atoms with van der Waals surface area (Å²) in [5.74, 6) is -0.177. The summed E-state index contributed by atoms with van der Waals surface area (Å²) in [6.07, 6.45) is 4.26. The maximum atomic E-state index is 12.5. The number of halogens is 2. The summed E-state index contributed by atoms with van der Waals surface area (Å²) in [6, 6.07) is 7.36. The van der Waals surface area contributed by atoms with Gasteiger partial charge in [-0.25, -0.2) is 0 Å². The zero-order valence-electron chi connectivity index (χ0n) is 11.5. The number of nitrogens with zero attached hydrogens (tertiary/aromatic N) is 1. The topological polar surface area (TPSA) is 54.0 Å². The maximum absolute atomic E-state index is 12.5. The molecular formula is C15H15Br2N3O. The van der Waals surface area contributed by atoms with Crippen molar-refractivity contribution in [2.75, 3.05) is 17.2 Å². The zero-order chi connectivity index (χ0) is 15.2. The fourth-order valence-electron chi connectivity index (χ4n) is 1.79. The van der Waals surface area contributed by atoms with E-state index >= 15 is 0 Å². The van der Waals surface area contributed by atoms with Gasteiger partial charge in [-0.15, -0.1) is 0 Å². The van der Waals surface area contributed by atoms with Crippen LogP contribution in [-0.4, -0.2) is 17.4 Å². The average molecular weight is 413 g/mol. The van der Waals surface area contributed by atoms with E-state index < -0.39 is 0 Å². The molecule has 110 valence electrons. The van der Waals surface area contributed by atoms with Crippen LogP contribution in [0.25, 0.3) is 0 Å². The summed E-state index contributed by atoms with van der Waals surface area (Å²) in [7, 11) is 0. The average Bonchev–Trinajstić information content (AvgIpc) is 2.49. The molecule has 0 radical (unpaired) electrons. The zero-order valence-corrected chi connectivity index (χ0v) is 14.7. The molecule has 1 aromatic heterocycles. The number of hydrogen-bond acceptors (Lipinski definition) is 3. The van der Waals surface area contributed by atoms with Gasteiger partial charge in [-0.1, -0.05) is 13.0 Å². The number of carbonyl (C=O) groups is 1. The Bertz CT molecular complexity index is 626. The van der Waals surface area contributed by atoms with Gasteiger partial charge in [0.15, 0.2) is 0 Å². The standard InChI is InChI=1S/C15H15Br2N3O/c1-2-7-19-13-9-18-8-6-10(13)15(21)20-14-11(16)4-3-5-12(14)17/h3-6,8-9,19H,2,7H2,1H3,(H,20,21). The molecule has 0 saturated heterocycles. The summed E-state index contributed by atoms with van der Waals surface area (Å²) in [4.78, 5) is 16.5. The second-order valence-electron chi connectivity index (χ2n) is 4.40. The van der Waals surface area contributed by atoms with Gasteiger partial charge in [-0.3, -0.25) is 9.78 Å². The first-order chi connectivity index (χ1) is 10.1. The van der Waals surface area contributed by atoms with Crippen molar-refractivity contribution < 1.29 is 4.79 Å². The van der Waals surface area contributed by atoms with Crippen molar-refractivity contribution in [3.63, 3.8) is 0 Å². The molecule has 0 fully saturated rings. The third-order valence-corrected chi connectivity index (χ3v) is 4.15. The highest BCUT2D eigenvalue weighted by atomic mass is 79.9. The monoisotopic (exact) mass is 411 g/mol. The molecule has 6 heteroatoms. The molecule has 0 atom stereocenters. The molecule has 4 nitrogen and oxygen atoms in total. The van der Waals surface area contributed by atoms with Gasteiger partial charge in [-0.05, 0) is 56.5 Å². The van der Waals surface area contributed by atoms with Crippen molar-refractivity contribution in [2.24, 2.45) is 0 Å². The first kappa shape index (κ1) is 16.0. The van der Waals surface area contributed by atoms with E-state index in [1.165, 1.54) is 0 Å². The van der Waals surface area contributed by atoms with Crippen LogP contribution in [-0.2, 0) is 0 Å². The smallest absolute Gasteiger partial charge is 0.257 e. The lowest BCUT2D eigenvalue weighted by Crippen LogP contribution is -2.16. The van der Waals surface area contributed by atoms with E-state index in [0.717, 1.165) is 27.6 Å². The van der Waals surface area contributed by atoms with Crippen LogP contribution in [0.15, 0.2) is 45.6 Å². The number of carbonyl (C=O) groups excluding carboxylic acids is 1. The number of pyridine rings is 1. The lowest BCUT2D eigenvalue weighted by atomic mass is 10.2. The minimum Gasteiger partial charge on any atom is -0.383 e. The lowest BCUT2D eigenvalue weighted by molar-refractivity contribution is 0.102. The normalized spacial score (nSPS) is 10.2. The minimum atomic E-state index is -0.177. The van der Waals surface area contributed by atoms with Crippen molar-refractivity contribution in [1.29, 1.82) is 0 Å². The molecule has 0 spiro atoms. The van der Waals surface area contributed by atoms with Gasteiger partial charge in [-0.2, -0.15) is 0 Å². The number of anilines is 2. The molecule has 0 unspecified atom stereocenters. The fraction of sp³-hybridized carbons (Fsp3) is 0.200. The Labute approximate surface area is 140 Å². The molecular weight excluding hydrogens is 398 g/mol. The van der Waals surface area contributed by atoms with Crippen LogP contribution in [0.4, 0.5) is 11.4 Å². The second kappa shape index (κ2) is 7.56. The molecule has 2 N–H and O–H groups in total. The van der Waals surface area contributed by atoms with Crippen molar-refractivity contribution in [2.45, 2.75) is 13.3 Å². The number of hydrogen-bond donors (Lipinski definition) is 2. The van der Waals surface area contributed by atoms with Gasteiger partial charge in [0.25, 0.3) is 5.91 Å². The number of nitrogens with one attached hydrogen (secondary N) is 2. The van der Waals surface area contributed by atoms with Crippen LogP contribution >= 0.6 is 31.9 Å². The molecule has 0 aliphatic carbocycles. The molecule has 0 bridgehead atoms. The molecule has 21 heavy (non-hydrogen) atoms. The fourth-order valence-corrected chi connectivity index (χ4v) is 2.99. The first-order valence-electron chi connectivity index (χ1n) is 6.56. The molecule has 1 amide bonds. The van der Waals surface area contributed by atoms with E-state index in [9.17, 15) is 4.79 Å². The largest absolute Gasteiger partial charge is 0.383 e. The third-order valence-electron chi connectivity index (χ3n) is 2.83. The Hall–Kier alpha value is -1.40. The molecule has 2 rings (SSSR count). The summed E-state index contributed by atoms with van der Waals surface area (Å²) >= 11 is 6.87. The van der Waals surface area contributed by atoms with Gasteiger partial charge < -0.3 is 10.6 Å². The van der Waals surface area contributed by atoms with Crippen LogP contribution in [0.1, 0.15) is 23.7 Å². The van der Waals surface area contributed by atoms with Crippen molar-refractivity contribution in [3.8, 4) is 0 Å². The highest BCUT2D eigenvalue weighted by molar-refractivity contribution is 9.11. The van der Waals surface area contributed by atoms with E-state index in [1.807, 2.05) is 18.2 Å². The first-order valence-corrected chi connectivity index (χ1v) is 8.15. The Balaban J connectivity index is 2.25. The molecule has 1 heterocycles. The number of aromatic nitrogens is 1. The summed E-state index contributed by atoms with van der Waals surface area (Å²) < 4.78 is 1.64. The van der Waals surface area contributed by atoms with Crippen molar-refractivity contribution >= 4 is 49.1 Å². The molecule has 0 aliphatic heterocycles. The van der Waals surface area contributed by atoms with Gasteiger partial charge in [0, 0.05) is 21.7 Å². The second-order valence-corrected chi connectivity index (χ2v) is 6.11. The third kappa shape index (κ3) is 4.04. The quantitative estimate of drug-likeness (QED) is 0.749. The van der Waals surface area contributed by atoms with Crippen molar-refractivity contribution in [1.82, 2.24) is 4.98 Å². The van der Waals surface area contributed by atoms with Gasteiger partial charge in [0.1, 0.15) is 0 Å². The van der Waals surface area contributed by atoms with Crippen molar-refractivity contribution in [3.05, 3.63) is 51.2 Å². The van der Waals surface area contributed by atoms with Crippen LogP contribution in [0, 0.1) is 0 Å². The highest BCUT2D eigenvalue weighted by Gasteiger charge is 2.14. The minimum absolute atomic E-state index is 0.177. The number of rotatable bonds is 5. The number of benzene rings is 1. The van der Waals surface area contributed by atoms with E-state index in [-0.39, 0.29) is 5.91 Å². The molecule has 0 saturated carbocycles. The number of para-hydroxylation sites is 1. The predicted molar refractivity (Wildman–Crippen MR) is 92.8 cm³/mol. The predicted octanol–water partition coefficient (Wildman–Crippen LogP) is 4.68. The maximum Gasteiger partial charge on any atom is 0.257 e. The van der Waals surface area contributed by atoms with Crippen LogP contribution in [0.5, 0.6) is 0 Å². The van der Waals surface area contributed by atoms with E-state index in [4.69, 9.17) is 0 Å². The molecule has 1 aromatic carbocycles.